The zero-order valence-corrected chi connectivity index (χ0v) is 17.1. The summed E-state index contributed by atoms with van der Waals surface area (Å²) in [5.74, 6) is 0.658. The highest BCUT2D eigenvalue weighted by atomic mass is 35.5. The molecule has 1 amide bonds. The second-order valence-corrected chi connectivity index (χ2v) is 7.96. The molecule has 4 nitrogen and oxygen atoms in total. The van der Waals surface area contributed by atoms with Crippen molar-refractivity contribution in [2.24, 2.45) is 5.10 Å². The molecule has 2 rings (SSSR count). The van der Waals surface area contributed by atoms with Gasteiger partial charge in [0.1, 0.15) is 5.75 Å². The number of aryl methyl sites for hydroxylation is 1. The number of carbonyl (C=O) groups excluding carboxylic acids is 1. The predicted molar refractivity (Wildman–Crippen MR) is 112 cm³/mol. The van der Waals surface area contributed by atoms with Crippen LogP contribution >= 0.6 is 11.6 Å². The molecule has 0 heterocycles. The van der Waals surface area contributed by atoms with Crippen LogP contribution in [0.5, 0.6) is 5.75 Å². The number of rotatable bonds is 7. The Labute approximate surface area is 166 Å². The molecule has 1 N–H and O–H groups in total. The SMILES string of the molecule is Cc1cc(Cl)ccc1OCCCC(=O)NN=Cc1ccc(C(C)(C)C)cc1. The number of amides is 1. The van der Waals surface area contributed by atoms with E-state index in [0.717, 1.165) is 16.9 Å². The molecule has 2 aromatic carbocycles. The average molecular weight is 387 g/mol. The van der Waals surface area contributed by atoms with Crippen LogP contribution in [0.4, 0.5) is 0 Å². The number of hydrazone groups is 1. The minimum atomic E-state index is -0.131. The number of nitrogens with zero attached hydrogens (tertiary/aromatic N) is 1. The zero-order valence-electron chi connectivity index (χ0n) is 16.4. The highest BCUT2D eigenvalue weighted by Gasteiger charge is 2.12. The van der Waals surface area contributed by atoms with Gasteiger partial charge in [0.25, 0.3) is 0 Å². The quantitative estimate of drug-likeness (QED) is 0.401. The number of nitrogens with one attached hydrogen (secondary N) is 1. The molecule has 5 heteroatoms. The summed E-state index contributed by atoms with van der Waals surface area (Å²) >= 11 is 5.92. The number of carbonyl (C=O) groups is 1. The van der Waals surface area contributed by atoms with E-state index in [-0.39, 0.29) is 11.3 Å². The number of halogens is 1. The van der Waals surface area contributed by atoms with Crippen molar-refractivity contribution in [3.05, 3.63) is 64.2 Å². The summed E-state index contributed by atoms with van der Waals surface area (Å²) < 4.78 is 5.68. The summed E-state index contributed by atoms with van der Waals surface area (Å²) in [4.78, 5) is 11.8. The molecular weight excluding hydrogens is 360 g/mol. The Morgan fingerprint density at radius 1 is 1.19 bits per heavy atom. The maximum absolute atomic E-state index is 11.8. The van der Waals surface area contributed by atoms with Gasteiger partial charge in [0.2, 0.25) is 5.91 Å². The molecule has 0 saturated carbocycles. The van der Waals surface area contributed by atoms with E-state index in [1.165, 1.54) is 5.56 Å². The summed E-state index contributed by atoms with van der Waals surface area (Å²) in [7, 11) is 0. The predicted octanol–water partition coefficient (Wildman–Crippen LogP) is 5.26. The van der Waals surface area contributed by atoms with Crippen molar-refractivity contribution >= 4 is 23.7 Å². The Morgan fingerprint density at radius 2 is 1.89 bits per heavy atom. The minimum Gasteiger partial charge on any atom is -0.493 e. The van der Waals surface area contributed by atoms with Crippen LogP contribution in [-0.4, -0.2) is 18.7 Å². The van der Waals surface area contributed by atoms with E-state index < -0.39 is 0 Å². The molecule has 0 atom stereocenters. The molecule has 0 radical (unpaired) electrons. The van der Waals surface area contributed by atoms with E-state index >= 15 is 0 Å². The van der Waals surface area contributed by atoms with Crippen LogP contribution in [0.2, 0.25) is 5.02 Å². The number of ether oxygens (including phenoxy) is 1. The zero-order chi connectivity index (χ0) is 19.9. The topological polar surface area (TPSA) is 50.7 Å². The molecule has 0 aliphatic rings. The Balaban J connectivity index is 1.70. The van der Waals surface area contributed by atoms with Gasteiger partial charge in [0.15, 0.2) is 0 Å². The third-order valence-corrected chi connectivity index (χ3v) is 4.36. The van der Waals surface area contributed by atoms with E-state index in [0.29, 0.717) is 24.5 Å². The third kappa shape index (κ3) is 7.06. The summed E-state index contributed by atoms with van der Waals surface area (Å²) in [6, 6.07) is 13.6. The molecule has 2 aromatic rings. The summed E-state index contributed by atoms with van der Waals surface area (Å²) in [6.45, 7) is 8.93. The first kappa shape index (κ1) is 21.0. The van der Waals surface area contributed by atoms with Crippen LogP contribution < -0.4 is 10.2 Å². The van der Waals surface area contributed by atoms with Crippen LogP contribution in [-0.2, 0) is 10.2 Å². The fourth-order valence-electron chi connectivity index (χ4n) is 2.49. The molecule has 144 valence electrons. The van der Waals surface area contributed by atoms with Crippen molar-refractivity contribution in [1.29, 1.82) is 0 Å². The minimum absolute atomic E-state index is 0.122. The van der Waals surface area contributed by atoms with Gasteiger partial charge in [-0.25, -0.2) is 5.43 Å². The van der Waals surface area contributed by atoms with Gasteiger partial charge in [-0.3, -0.25) is 4.79 Å². The lowest BCUT2D eigenvalue weighted by Gasteiger charge is -2.18. The largest absolute Gasteiger partial charge is 0.493 e. The van der Waals surface area contributed by atoms with Crippen molar-refractivity contribution in [2.45, 2.75) is 46.0 Å². The van der Waals surface area contributed by atoms with E-state index in [9.17, 15) is 4.79 Å². The first-order valence-corrected chi connectivity index (χ1v) is 9.45. The molecular formula is C22H27ClN2O2. The highest BCUT2D eigenvalue weighted by molar-refractivity contribution is 6.30. The van der Waals surface area contributed by atoms with Crippen LogP contribution in [0.1, 0.15) is 50.3 Å². The van der Waals surface area contributed by atoms with Crippen LogP contribution in [0.25, 0.3) is 0 Å². The van der Waals surface area contributed by atoms with E-state index in [4.69, 9.17) is 16.3 Å². The lowest BCUT2D eigenvalue weighted by atomic mass is 9.87. The molecule has 0 aliphatic heterocycles. The van der Waals surface area contributed by atoms with Gasteiger partial charge in [0, 0.05) is 11.4 Å². The standard InChI is InChI=1S/C22H27ClN2O2/c1-16-14-19(23)11-12-20(16)27-13-5-6-21(26)25-24-15-17-7-9-18(10-8-17)22(2,3)4/h7-12,14-15H,5-6,13H2,1-4H3,(H,25,26). The van der Waals surface area contributed by atoms with Crippen LogP contribution in [0.3, 0.4) is 0 Å². The van der Waals surface area contributed by atoms with Gasteiger partial charge in [-0.1, -0.05) is 56.6 Å². The van der Waals surface area contributed by atoms with Gasteiger partial charge in [-0.2, -0.15) is 5.10 Å². The molecule has 0 unspecified atom stereocenters. The molecule has 0 aromatic heterocycles. The fourth-order valence-corrected chi connectivity index (χ4v) is 2.72. The first-order chi connectivity index (χ1) is 12.8. The van der Waals surface area contributed by atoms with Crippen molar-refractivity contribution in [3.8, 4) is 5.75 Å². The number of hydrogen-bond acceptors (Lipinski definition) is 3. The summed E-state index contributed by atoms with van der Waals surface area (Å²) in [5.41, 5.74) is 5.87. The van der Waals surface area contributed by atoms with E-state index in [1.54, 1.807) is 12.3 Å². The number of benzene rings is 2. The van der Waals surface area contributed by atoms with Crippen molar-refractivity contribution in [1.82, 2.24) is 5.43 Å². The van der Waals surface area contributed by atoms with Crippen molar-refractivity contribution < 1.29 is 9.53 Å². The molecule has 0 saturated heterocycles. The van der Waals surface area contributed by atoms with Crippen molar-refractivity contribution in [3.63, 3.8) is 0 Å². The summed E-state index contributed by atoms with van der Waals surface area (Å²) in [6.07, 6.45) is 2.62. The van der Waals surface area contributed by atoms with Gasteiger partial charge < -0.3 is 4.74 Å². The molecule has 27 heavy (non-hydrogen) atoms. The molecule has 0 aliphatic carbocycles. The molecule has 0 bridgehead atoms. The highest BCUT2D eigenvalue weighted by Crippen LogP contribution is 2.22. The van der Waals surface area contributed by atoms with Gasteiger partial charge >= 0.3 is 0 Å². The number of hydrogen-bond donors (Lipinski definition) is 1. The first-order valence-electron chi connectivity index (χ1n) is 9.07. The smallest absolute Gasteiger partial charge is 0.240 e. The fraction of sp³-hybridized carbons (Fsp3) is 0.364. The molecule has 0 spiro atoms. The Morgan fingerprint density at radius 3 is 2.52 bits per heavy atom. The lowest BCUT2D eigenvalue weighted by molar-refractivity contribution is -0.121. The normalized spacial score (nSPS) is 11.6. The van der Waals surface area contributed by atoms with Gasteiger partial charge in [-0.15, -0.1) is 0 Å². The summed E-state index contributed by atoms with van der Waals surface area (Å²) in [5, 5.41) is 4.70. The van der Waals surface area contributed by atoms with E-state index in [1.807, 2.05) is 31.2 Å². The monoisotopic (exact) mass is 386 g/mol. The van der Waals surface area contributed by atoms with Crippen molar-refractivity contribution in [2.75, 3.05) is 6.61 Å². The van der Waals surface area contributed by atoms with Gasteiger partial charge in [-0.05, 0) is 53.6 Å². The third-order valence-electron chi connectivity index (χ3n) is 4.12. The average Bonchev–Trinajstić information content (AvgIpc) is 2.60. The Bertz CT molecular complexity index is 793. The second kappa shape index (κ2) is 9.56. The molecule has 0 fully saturated rings. The Hall–Kier alpha value is -2.33. The lowest BCUT2D eigenvalue weighted by Crippen LogP contribution is -2.18. The Kier molecular flexibility index (Phi) is 7.43. The van der Waals surface area contributed by atoms with E-state index in [2.05, 4.69) is 43.4 Å². The maximum atomic E-state index is 11.8. The second-order valence-electron chi connectivity index (χ2n) is 7.53. The van der Waals surface area contributed by atoms with Crippen LogP contribution in [0, 0.1) is 6.92 Å². The maximum Gasteiger partial charge on any atom is 0.240 e. The van der Waals surface area contributed by atoms with Gasteiger partial charge in [0.05, 0.1) is 12.8 Å². The van der Waals surface area contributed by atoms with Crippen LogP contribution in [0.15, 0.2) is 47.6 Å².